The van der Waals surface area contributed by atoms with Gasteiger partial charge in [-0.15, -0.1) is 0 Å². The van der Waals surface area contributed by atoms with Gasteiger partial charge in [0.15, 0.2) is 6.10 Å². The Hall–Kier alpha value is -3.65. The average molecular weight is 421 g/mol. The Morgan fingerprint density at radius 2 is 1.70 bits per heavy atom. The standard InChI is InChI=1S/C22H19N3O4S/c1-14(20(27)25-16-11-9-15(10-12-16)19(23)26)29-22(28)18-8-5-13-24-21(18)30-17-6-3-2-4-7-17/h2-14H,1H3,(H2,23,26)(H,25,27). The Labute approximate surface area is 177 Å². The number of hydrogen-bond acceptors (Lipinski definition) is 6. The topological polar surface area (TPSA) is 111 Å². The number of nitrogens with one attached hydrogen (secondary N) is 1. The predicted octanol–water partition coefficient (Wildman–Crippen LogP) is 3.52. The zero-order valence-electron chi connectivity index (χ0n) is 16.1. The molecule has 30 heavy (non-hydrogen) atoms. The van der Waals surface area contributed by atoms with E-state index in [1.807, 2.05) is 30.3 Å². The average Bonchev–Trinajstić information content (AvgIpc) is 2.75. The lowest BCUT2D eigenvalue weighted by molar-refractivity contribution is -0.123. The second kappa shape index (κ2) is 9.71. The summed E-state index contributed by atoms with van der Waals surface area (Å²) < 4.78 is 5.33. The molecule has 3 N–H and O–H groups in total. The minimum absolute atomic E-state index is 0.275. The first kappa shape index (κ1) is 21.1. The molecule has 0 saturated carbocycles. The highest BCUT2D eigenvalue weighted by Gasteiger charge is 2.22. The number of esters is 1. The monoisotopic (exact) mass is 421 g/mol. The molecule has 152 valence electrons. The highest BCUT2D eigenvalue weighted by Crippen LogP contribution is 2.28. The van der Waals surface area contributed by atoms with Crippen molar-refractivity contribution in [3.05, 3.63) is 84.1 Å². The molecule has 1 aromatic heterocycles. The number of nitrogens with zero attached hydrogens (tertiary/aromatic N) is 1. The predicted molar refractivity (Wildman–Crippen MR) is 113 cm³/mol. The van der Waals surface area contributed by atoms with E-state index in [0.717, 1.165) is 4.90 Å². The first-order chi connectivity index (χ1) is 14.4. The van der Waals surface area contributed by atoms with Gasteiger partial charge < -0.3 is 15.8 Å². The first-order valence-electron chi connectivity index (χ1n) is 9.03. The van der Waals surface area contributed by atoms with Crippen LogP contribution in [0.15, 0.2) is 82.8 Å². The molecule has 7 nitrogen and oxygen atoms in total. The third-order valence-corrected chi connectivity index (χ3v) is 5.07. The summed E-state index contributed by atoms with van der Waals surface area (Å²) >= 11 is 1.33. The Morgan fingerprint density at radius 1 is 1.00 bits per heavy atom. The van der Waals surface area contributed by atoms with E-state index in [2.05, 4.69) is 10.3 Å². The SMILES string of the molecule is CC(OC(=O)c1cccnc1Sc1ccccc1)C(=O)Nc1ccc(C(N)=O)cc1. The van der Waals surface area contributed by atoms with Crippen LogP contribution in [0.2, 0.25) is 0 Å². The van der Waals surface area contributed by atoms with Crippen molar-refractivity contribution in [2.45, 2.75) is 22.9 Å². The van der Waals surface area contributed by atoms with Crippen molar-refractivity contribution >= 4 is 35.2 Å². The van der Waals surface area contributed by atoms with E-state index in [1.165, 1.54) is 30.8 Å². The number of nitrogens with two attached hydrogens (primary N) is 1. The molecule has 1 heterocycles. The van der Waals surface area contributed by atoms with Crippen LogP contribution in [0.1, 0.15) is 27.6 Å². The van der Waals surface area contributed by atoms with Crippen LogP contribution in [-0.4, -0.2) is 28.9 Å². The summed E-state index contributed by atoms with van der Waals surface area (Å²) in [6, 6.07) is 18.8. The van der Waals surface area contributed by atoms with Crippen LogP contribution < -0.4 is 11.1 Å². The summed E-state index contributed by atoms with van der Waals surface area (Å²) in [6.07, 6.45) is 0.552. The number of pyridine rings is 1. The largest absolute Gasteiger partial charge is 0.449 e. The van der Waals surface area contributed by atoms with E-state index in [1.54, 1.807) is 30.5 Å². The van der Waals surface area contributed by atoms with Crippen molar-refractivity contribution in [3.8, 4) is 0 Å². The van der Waals surface area contributed by atoms with E-state index >= 15 is 0 Å². The lowest BCUT2D eigenvalue weighted by Crippen LogP contribution is -2.30. The maximum absolute atomic E-state index is 12.6. The van der Waals surface area contributed by atoms with Crippen LogP contribution in [0, 0.1) is 0 Å². The molecule has 0 fully saturated rings. The molecule has 1 atom stereocenters. The molecule has 2 aromatic carbocycles. The zero-order chi connectivity index (χ0) is 21.5. The molecule has 1 unspecified atom stereocenters. The minimum Gasteiger partial charge on any atom is -0.449 e. The molecule has 2 amide bonds. The van der Waals surface area contributed by atoms with Gasteiger partial charge in [-0.25, -0.2) is 9.78 Å². The second-order valence-corrected chi connectivity index (χ2v) is 7.31. The van der Waals surface area contributed by atoms with Gasteiger partial charge in [-0.2, -0.15) is 0 Å². The molecule has 3 rings (SSSR count). The summed E-state index contributed by atoms with van der Waals surface area (Å²) in [5, 5.41) is 3.12. The van der Waals surface area contributed by atoms with E-state index < -0.39 is 23.9 Å². The fraction of sp³-hybridized carbons (Fsp3) is 0.0909. The third kappa shape index (κ3) is 5.45. The molecule has 0 saturated heterocycles. The summed E-state index contributed by atoms with van der Waals surface area (Å²) in [4.78, 5) is 41.3. The fourth-order valence-electron chi connectivity index (χ4n) is 2.47. The summed E-state index contributed by atoms with van der Waals surface area (Å²) in [5.41, 5.74) is 6.25. The maximum Gasteiger partial charge on any atom is 0.341 e. The number of ether oxygens (including phenoxy) is 1. The van der Waals surface area contributed by atoms with Crippen molar-refractivity contribution in [2.75, 3.05) is 5.32 Å². The molecule has 0 bridgehead atoms. The molecular formula is C22H19N3O4S. The van der Waals surface area contributed by atoms with Crippen molar-refractivity contribution in [1.29, 1.82) is 0 Å². The Kier molecular flexibility index (Phi) is 6.82. The normalized spacial score (nSPS) is 11.4. The highest BCUT2D eigenvalue weighted by atomic mass is 32.2. The summed E-state index contributed by atoms with van der Waals surface area (Å²) in [7, 11) is 0. The van der Waals surface area contributed by atoms with Gasteiger partial charge in [-0.1, -0.05) is 30.0 Å². The van der Waals surface area contributed by atoms with E-state index in [-0.39, 0.29) is 5.56 Å². The summed E-state index contributed by atoms with van der Waals surface area (Å²) in [6.45, 7) is 1.48. The fourth-order valence-corrected chi connectivity index (χ4v) is 3.36. The molecule has 0 aliphatic carbocycles. The zero-order valence-corrected chi connectivity index (χ0v) is 16.9. The van der Waals surface area contributed by atoms with Crippen molar-refractivity contribution in [3.63, 3.8) is 0 Å². The van der Waals surface area contributed by atoms with E-state index in [0.29, 0.717) is 16.3 Å². The van der Waals surface area contributed by atoms with Crippen LogP contribution in [0.25, 0.3) is 0 Å². The van der Waals surface area contributed by atoms with Gasteiger partial charge in [0.1, 0.15) is 5.03 Å². The first-order valence-corrected chi connectivity index (χ1v) is 9.85. The van der Waals surface area contributed by atoms with Gasteiger partial charge in [0.05, 0.1) is 5.56 Å². The molecule has 8 heteroatoms. The highest BCUT2D eigenvalue weighted by molar-refractivity contribution is 7.99. The number of amides is 2. The second-order valence-electron chi connectivity index (χ2n) is 6.25. The smallest absolute Gasteiger partial charge is 0.341 e. The van der Waals surface area contributed by atoms with Crippen molar-refractivity contribution < 1.29 is 19.1 Å². The summed E-state index contributed by atoms with van der Waals surface area (Å²) in [5.74, 6) is -1.71. The number of hydrogen-bond donors (Lipinski definition) is 2. The lowest BCUT2D eigenvalue weighted by atomic mass is 10.2. The number of anilines is 1. The number of carbonyl (C=O) groups is 3. The number of rotatable bonds is 7. The van der Waals surface area contributed by atoms with E-state index in [4.69, 9.17) is 10.5 Å². The molecule has 0 aliphatic heterocycles. The van der Waals surface area contributed by atoms with Gasteiger partial charge in [-0.05, 0) is 55.5 Å². The van der Waals surface area contributed by atoms with Crippen molar-refractivity contribution in [2.24, 2.45) is 5.73 Å². The van der Waals surface area contributed by atoms with Gasteiger partial charge in [0.25, 0.3) is 5.91 Å². The van der Waals surface area contributed by atoms with Crippen LogP contribution in [0.4, 0.5) is 5.69 Å². The molecule has 3 aromatic rings. The number of benzene rings is 2. The van der Waals surface area contributed by atoms with E-state index in [9.17, 15) is 14.4 Å². The minimum atomic E-state index is -1.04. The van der Waals surface area contributed by atoms with Gasteiger partial charge in [-0.3, -0.25) is 9.59 Å². The van der Waals surface area contributed by atoms with Crippen LogP contribution >= 0.6 is 11.8 Å². The van der Waals surface area contributed by atoms with Gasteiger partial charge >= 0.3 is 5.97 Å². The van der Waals surface area contributed by atoms with Crippen LogP contribution in [-0.2, 0) is 9.53 Å². The molecule has 0 aliphatic rings. The molecule has 0 radical (unpaired) electrons. The van der Waals surface area contributed by atoms with Gasteiger partial charge in [0, 0.05) is 22.3 Å². The number of primary amides is 1. The van der Waals surface area contributed by atoms with Crippen LogP contribution in [0.5, 0.6) is 0 Å². The Bertz CT molecular complexity index is 1060. The number of carbonyl (C=O) groups excluding carboxylic acids is 3. The van der Waals surface area contributed by atoms with Gasteiger partial charge in [0.2, 0.25) is 5.91 Å². The Balaban J connectivity index is 1.65. The molecule has 0 spiro atoms. The maximum atomic E-state index is 12.6. The molecular weight excluding hydrogens is 402 g/mol. The quantitative estimate of drug-likeness (QED) is 0.565. The van der Waals surface area contributed by atoms with Crippen LogP contribution in [0.3, 0.4) is 0 Å². The Morgan fingerprint density at radius 3 is 2.37 bits per heavy atom. The lowest BCUT2D eigenvalue weighted by Gasteiger charge is -2.15. The third-order valence-electron chi connectivity index (χ3n) is 4.04. The number of aromatic nitrogens is 1. The van der Waals surface area contributed by atoms with Crippen molar-refractivity contribution in [1.82, 2.24) is 4.98 Å².